The van der Waals surface area contributed by atoms with Crippen LogP contribution in [0.3, 0.4) is 0 Å². The normalized spacial score (nSPS) is 21.8. The van der Waals surface area contributed by atoms with Crippen molar-refractivity contribution in [3.8, 4) is 0 Å². The van der Waals surface area contributed by atoms with Crippen molar-refractivity contribution in [2.75, 3.05) is 19.7 Å². The molecule has 1 aromatic rings. The standard InChI is InChI=1S/C14H19N3O2/c1-11-8-16-12(9-15-11)13(18)17-6-7-19-14(10-17)4-2-3-5-14/h8-9H,2-7,10H2,1H3. The Morgan fingerprint density at radius 2 is 2.11 bits per heavy atom. The smallest absolute Gasteiger partial charge is 0.274 e. The van der Waals surface area contributed by atoms with E-state index in [2.05, 4.69) is 9.97 Å². The van der Waals surface area contributed by atoms with E-state index in [0.29, 0.717) is 25.4 Å². The summed E-state index contributed by atoms with van der Waals surface area (Å²) in [6.45, 7) is 3.84. The maximum atomic E-state index is 12.4. The molecule has 1 spiro atoms. The molecule has 0 unspecified atom stereocenters. The van der Waals surface area contributed by atoms with Crippen molar-refractivity contribution < 1.29 is 9.53 Å². The number of nitrogens with zero attached hydrogens (tertiary/aromatic N) is 3. The van der Waals surface area contributed by atoms with E-state index in [1.54, 1.807) is 12.4 Å². The van der Waals surface area contributed by atoms with Gasteiger partial charge in [-0.2, -0.15) is 0 Å². The minimum Gasteiger partial charge on any atom is -0.371 e. The largest absolute Gasteiger partial charge is 0.371 e. The van der Waals surface area contributed by atoms with Crippen LogP contribution < -0.4 is 0 Å². The van der Waals surface area contributed by atoms with Crippen LogP contribution in [0.1, 0.15) is 41.9 Å². The Morgan fingerprint density at radius 1 is 1.32 bits per heavy atom. The summed E-state index contributed by atoms with van der Waals surface area (Å²) in [7, 11) is 0. The Morgan fingerprint density at radius 3 is 2.79 bits per heavy atom. The van der Waals surface area contributed by atoms with Crippen LogP contribution in [-0.4, -0.2) is 46.1 Å². The van der Waals surface area contributed by atoms with Gasteiger partial charge in [0.1, 0.15) is 5.69 Å². The Hall–Kier alpha value is -1.49. The van der Waals surface area contributed by atoms with Crippen molar-refractivity contribution in [2.45, 2.75) is 38.2 Å². The van der Waals surface area contributed by atoms with Crippen LogP contribution in [0.5, 0.6) is 0 Å². The Bertz CT molecular complexity index is 466. The molecule has 3 rings (SSSR count). The van der Waals surface area contributed by atoms with Gasteiger partial charge in [-0.05, 0) is 19.8 Å². The first-order valence-electron chi connectivity index (χ1n) is 6.90. The fraction of sp³-hybridized carbons (Fsp3) is 0.643. The second-order valence-electron chi connectivity index (χ2n) is 5.51. The van der Waals surface area contributed by atoms with Crippen molar-refractivity contribution in [1.82, 2.24) is 14.9 Å². The minimum atomic E-state index is -0.0912. The third kappa shape index (κ3) is 2.47. The van der Waals surface area contributed by atoms with E-state index in [1.165, 1.54) is 12.8 Å². The van der Waals surface area contributed by atoms with E-state index >= 15 is 0 Å². The van der Waals surface area contributed by atoms with Gasteiger partial charge in [-0.25, -0.2) is 4.98 Å². The van der Waals surface area contributed by atoms with Crippen LogP contribution in [0.15, 0.2) is 12.4 Å². The van der Waals surface area contributed by atoms with E-state index in [1.807, 2.05) is 11.8 Å². The molecule has 5 nitrogen and oxygen atoms in total. The van der Waals surface area contributed by atoms with Crippen molar-refractivity contribution >= 4 is 5.91 Å². The average Bonchev–Trinajstić information content (AvgIpc) is 2.87. The van der Waals surface area contributed by atoms with Gasteiger partial charge in [0.15, 0.2) is 0 Å². The highest BCUT2D eigenvalue weighted by atomic mass is 16.5. The number of hydrogen-bond donors (Lipinski definition) is 0. The third-order valence-corrected chi connectivity index (χ3v) is 4.05. The lowest BCUT2D eigenvalue weighted by molar-refractivity contribution is -0.0949. The lowest BCUT2D eigenvalue weighted by Gasteiger charge is -2.40. The van der Waals surface area contributed by atoms with Crippen LogP contribution in [0.2, 0.25) is 0 Å². The van der Waals surface area contributed by atoms with Gasteiger partial charge < -0.3 is 9.64 Å². The number of aryl methyl sites for hydroxylation is 1. The summed E-state index contributed by atoms with van der Waals surface area (Å²) in [5, 5.41) is 0. The van der Waals surface area contributed by atoms with E-state index in [0.717, 1.165) is 18.5 Å². The van der Waals surface area contributed by atoms with Gasteiger partial charge >= 0.3 is 0 Å². The lowest BCUT2D eigenvalue weighted by Crippen LogP contribution is -2.52. The maximum Gasteiger partial charge on any atom is 0.274 e. The maximum absolute atomic E-state index is 12.4. The molecule has 2 heterocycles. The van der Waals surface area contributed by atoms with Gasteiger partial charge in [0, 0.05) is 12.7 Å². The summed E-state index contributed by atoms with van der Waals surface area (Å²) >= 11 is 0. The first-order chi connectivity index (χ1) is 9.19. The quantitative estimate of drug-likeness (QED) is 0.770. The molecule has 1 aliphatic heterocycles. The van der Waals surface area contributed by atoms with E-state index in [-0.39, 0.29) is 11.5 Å². The zero-order valence-corrected chi connectivity index (χ0v) is 11.3. The first-order valence-corrected chi connectivity index (χ1v) is 6.90. The molecule has 1 aromatic heterocycles. The molecule has 0 N–H and O–H groups in total. The number of aromatic nitrogens is 2. The number of carbonyl (C=O) groups is 1. The highest BCUT2D eigenvalue weighted by molar-refractivity contribution is 5.92. The molecular weight excluding hydrogens is 242 g/mol. The van der Waals surface area contributed by atoms with Crippen LogP contribution >= 0.6 is 0 Å². The van der Waals surface area contributed by atoms with Gasteiger partial charge in [0.05, 0.1) is 30.6 Å². The highest BCUT2D eigenvalue weighted by Crippen LogP contribution is 2.36. The average molecular weight is 261 g/mol. The van der Waals surface area contributed by atoms with Crippen LogP contribution in [0.25, 0.3) is 0 Å². The second kappa shape index (κ2) is 4.89. The predicted molar refractivity (Wildman–Crippen MR) is 69.8 cm³/mol. The summed E-state index contributed by atoms with van der Waals surface area (Å²) in [6.07, 6.45) is 7.74. The molecule has 5 heteroatoms. The lowest BCUT2D eigenvalue weighted by atomic mass is 9.99. The summed E-state index contributed by atoms with van der Waals surface area (Å²) in [5.74, 6) is -0.0259. The van der Waals surface area contributed by atoms with Gasteiger partial charge in [-0.1, -0.05) is 12.8 Å². The molecule has 1 saturated carbocycles. The summed E-state index contributed by atoms with van der Waals surface area (Å²) in [5.41, 5.74) is 1.16. The number of amides is 1. The molecule has 1 aliphatic carbocycles. The molecule has 19 heavy (non-hydrogen) atoms. The van der Waals surface area contributed by atoms with Gasteiger partial charge in [0.25, 0.3) is 5.91 Å². The molecular formula is C14H19N3O2. The molecule has 1 amide bonds. The van der Waals surface area contributed by atoms with Gasteiger partial charge in [0.2, 0.25) is 0 Å². The van der Waals surface area contributed by atoms with Crippen LogP contribution in [0.4, 0.5) is 0 Å². The topological polar surface area (TPSA) is 55.3 Å². The molecule has 0 atom stereocenters. The summed E-state index contributed by atoms with van der Waals surface area (Å²) in [4.78, 5) is 22.6. The fourth-order valence-electron chi connectivity index (χ4n) is 3.01. The summed E-state index contributed by atoms with van der Waals surface area (Å²) in [6, 6.07) is 0. The SMILES string of the molecule is Cc1cnc(C(=O)N2CCOC3(CCCC3)C2)cn1. The van der Waals surface area contributed by atoms with E-state index < -0.39 is 0 Å². The fourth-order valence-corrected chi connectivity index (χ4v) is 3.01. The third-order valence-electron chi connectivity index (χ3n) is 4.05. The van der Waals surface area contributed by atoms with Gasteiger partial charge in [-0.3, -0.25) is 9.78 Å². The zero-order valence-electron chi connectivity index (χ0n) is 11.3. The van der Waals surface area contributed by atoms with Crippen LogP contribution in [-0.2, 0) is 4.74 Å². The number of rotatable bonds is 1. The zero-order chi connectivity index (χ0) is 13.3. The minimum absolute atomic E-state index is 0.0259. The van der Waals surface area contributed by atoms with Crippen molar-refractivity contribution in [1.29, 1.82) is 0 Å². The molecule has 0 aromatic carbocycles. The first kappa shape index (κ1) is 12.5. The van der Waals surface area contributed by atoms with Crippen LogP contribution in [0, 0.1) is 6.92 Å². The molecule has 2 aliphatic rings. The predicted octanol–water partition coefficient (Wildman–Crippen LogP) is 1.57. The Balaban J connectivity index is 1.74. The van der Waals surface area contributed by atoms with Crippen molar-refractivity contribution in [2.24, 2.45) is 0 Å². The second-order valence-corrected chi connectivity index (χ2v) is 5.51. The molecule has 0 radical (unpaired) electrons. The van der Waals surface area contributed by atoms with Gasteiger partial charge in [-0.15, -0.1) is 0 Å². The molecule has 102 valence electrons. The summed E-state index contributed by atoms with van der Waals surface area (Å²) < 4.78 is 5.93. The number of carbonyl (C=O) groups excluding carboxylic acids is 1. The number of hydrogen-bond acceptors (Lipinski definition) is 4. The molecule has 1 saturated heterocycles. The highest BCUT2D eigenvalue weighted by Gasteiger charge is 2.40. The molecule has 0 bridgehead atoms. The van der Waals surface area contributed by atoms with E-state index in [4.69, 9.17) is 4.74 Å². The Labute approximate surface area is 113 Å². The van der Waals surface area contributed by atoms with Crippen molar-refractivity contribution in [3.63, 3.8) is 0 Å². The number of morpholine rings is 1. The van der Waals surface area contributed by atoms with E-state index in [9.17, 15) is 4.79 Å². The molecule has 2 fully saturated rings. The monoisotopic (exact) mass is 261 g/mol. The van der Waals surface area contributed by atoms with Crippen molar-refractivity contribution in [3.05, 3.63) is 23.8 Å². The Kier molecular flexibility index (Phi) is 3.22. The number of ether oxygens (including phenoxy) is 1.